The van der Waals surface area contributed by atoms with Crippen molar-refractivity contribution >= 4 is 5.91 Å². The second kappa shape index (κ2) is 4.68. The highest BCUT2D eigenvalue weighted by Crippen LogP contribution is 2.35. The molecule has 0 aromatic carbocycles. The van der Waals surface area contributed by atoms with Gasteiger partial charge < -0.3 is 11.1 Å². The molecule has 1 aliphatic rings. The van der Waals surface area contributed by atoms with Crippen LogP contribution in [0.3, 0.4) is 0 Å². The first-order chi connectivity index (χ1) is 8.48. The molecule has 0 radical (unpaired) electrons. The van der Waals surface area contributed by atoms with Gasteiger partial charge in [0, 0.05) is 0 Å². The Labute approximate surface area is 107 Å². The van der Waals surface area contributed by atoms with Crippen molar-refractivity contribution in [1.82, 2.24) is 20.1 Å². The number of nitrogens with one attached hydrogen (secondary N) is 1. The van der Waals surface area contributed by atoms with Crippen LogP contribution in [-0.2, 0) is 4.79 Å². The highest BCUT2D eigenvalue weighted by atomic mass is 16.1. The van der Waals surface area contributed by atoms with Crippen LogP contribution in [0.4, 0.5) is 0 Å². The second-order valence-electron chi connectivity index (χ2n) is 5.10. The number of carbonyl (C=O) groups is 1. The van der Waals surface area contributed by atoms with Crippen molar-refractivity contribution in [2.24, 2.45) is 5.73 Å². The number of hydrogen-bond acceptors (Lipinski definition) is 4. The third kappa shape index (κ3) is 2.12. The van der Waals surface area contributed by atoms with E-state index in [1.54, 1.807) is 7.05 Å². The van der Waals surface area contributed by atoms with Crippen LogP contribution in [-0.4, -0.2) is 33.3 Å². The van der Waals surface area contributed by atoms with Crippen LogP contribution < -0.4 is 11.1 Å². The van der Waals surface area contributed by atoms with Crippen molar-refractivity contribution in [2.45, 2.75) is 51.1 Å². The quantitative estimate of drug-likeness (QED) is 0.817. The first kappa shape index (κ1) is 13.0. The Kier molecular flexibility index (Phi) is 3.38. The zero-order chi connectivity index (χ0) is 13.3. The van der Waals surface area contributed by atoms with Gasteiger partial charge in [0.25, 0.3) is 0 Å². The molecular formula is C12H21N5O. The van der Waals surface area contributed by atoms with E-state index < -0.39 is 5.54 Å². The molecule has 2 rings (SSSR count). The molecule has 1 aromatic heterocycles. The summed E-state index contributed by atoms with van der Waals surface area (Å²) in [5, 5.41) is 7.53. The lowest BCUT2D eigenvalue weighted by Gasteiger charge is -2.38. The Bertz CT molecular complexity index is 455. The summed E-state index contributed by atoms with van der Waals surface area (Å²) in [6, 6.07) is 0.194. The summed E-state index contributed by atoms with van der Waals surface area (Å²) < 4.78 is 1.93. The molecule has 18 heavy (non-hydrogen) atoms. The van der Waals surface area contributed by atoms with E-state index in [1.807, 2.05) is 18.5 Å². The molecule has 6 heteroatoms. The maximum absolute atomic E-state index is 11.7. The minimum absolute atomic E-state index is 0.194. The first-order valence-corrected chi connectivity index (χ1v) is 6.37. The molecule has 1 heterocycles. The van der Waals surface area contributed by atoms with E-state index in [2.05, 4.69) is 15.4 Å². The number of aromatic nitrogens is 3. The van der Waals surface area contributed by atoms with Gasteiger partial charge in [0.05, 0.1) is 11.6 Å². The number of primary amides is 1. The fraction of sp³-hybridized carbons (Fsp3) is 0.750. The molecule has 100 valence electrons. The second-order valence-corrected chi connectivity index (χ2v) is 5.10. The van der Waals surface area contributed by atoms with Crippen LogP contribution in [0.5, 0.6) is 0 Å². The predicted molar refractivity (Wildman–Crippen MR) is 68.0 cm³/mol. The van der Waals surface area contributed by atoms with Gasteiger partial charge in [0.1, 0.15) is 11.6 Å². The highest BCUT2D eigenvalue weighted by molar-refractivity contribution is 5.84. The van der Waals surface area contributed by atoms with Gasteiger partial charge in [-0.1, -0.05) is 0 Å². The smallest absolute Gasteiger partial charge is 0.237 e. The molecule has 3 N–H and O–H groups in total. The zero-order valence-corrected chi connectivity index (χ0v) is 11.2. The molecule has 6 nitrogen and oxygen atoms in total. The van der Waals surface area contributed by atoms with E-state index in [0.29, 0.717) is 6.42 Å². The Morgan fingerprint density at radius 2 is 2.28 bits per heavy atom. The summed E-state index contributed by atoms with van der Waals surface area (Å²) in [7, 11) is 1.80. The van der Waals surface area contributed by atoms with Crippen LogP contribution in [0, 0.1) is 13.8 Å². The average molecular weight is 251 g/mol. The van der Waals surface area contributed by atoms with Crippen LogP contribution >= 0.6 is 0 Å². The maximum atomic E-state index is 11.7. The summed E-state index contributed by atoms with van der Waals surface area (Å²) in [4.78, 5) is 16.0. The van der Waals surface area contributed by atoms with Crippen molar-refractivity contribution in [3.8, 4) is 0 Å². The van der Waals surface area contributed by atoms with Gasteiger partial charge in [-0.25, -0.2) is 9.67 Å². The van der Waals surface area contributed by atoms with Crippen LogP contribution in [0.15, 0.2) is 0 Å². The van der Waals surface area contributed by atoms with E-state index in [4.69, 9.17) is 5.73 Å². The molecule has 1 amide bonds. The van der Waals surface area contributed by atoms with Gasteiger partial charge in [-0.2, -0.15) is 5.10 Å². The largest absolute Gasteiger partial charge is 0.368 e. The normalized spacial score (nSPS) is 28.3. The number of amides is 1. The highest BCUT2D eigenvalue weighted by Gasteiger charge is 2.41. The Balaban J connectivity index is 2.26. The van der Waals surface area contributed by atoms with Crippen molar-refractivity contribution in [2.75, 3.05) is 7.05 Å². The molecule has 1 fully saturated rings. The lowest BCUT2D eigenvalue weighted by atomic mass is 9.78. The lowest BCUT2D eigenvalue weighted by molar-refractivity contribution is -0.126. The number of hydrogen-bond donors (Lipinski definition) is 2. The first-order valence-electron chi connectivity index (χ1n) is 6.37. The van der Waals surface area contributed by atoms with Crippen LogP contribution in [0.1, 0.15) is 43.4 Å². The van der Waals surface area contributed by atoms with Crippen LogP contribution in [0.2, 0.25) is 0 Å². The molecule has 2 atom stereocenters. The van der Waals surface area contributed by atoms with Gasteiger partial charge in [-0.15, -0.1) is 0 Å². The third-order valence-corrected chi connectivity index (χ3v) is 3.93. The number of nitrogens with zero attached hydrogens (tertiary/aromatic N) is 3. The van der Waals surface area contributed by atoms with Gasteiger partial charge in [0.15, 0.2) is 0 Å². The summed E-state index contributed by atoms with van der Waals surface area (Å²) in [5.74, 6) is 1.39. The minimum Gasteiger partial charge on any atom is -0.368 e. The molecule has 1 aromatic rings. The monoisotopic (exact) mass is 251 g/mol. The minimum atomic E-state index is -0.602. The number of nitrogens with two attached hydrogens (primary N) is 1. The summed E-state index contributed by atoms with van der Waals surface area (Å²) >= 11 is 0. The van der Waals surface area contributed by atoms with Crippen molar-refractivity contribution in [3.05, 3.63) is 11.6 Å². The fourth-order valence-corrected chi connectivity index (χ4v) is 2.91. The summed E-state index contributed by atoms with van der Waals surface area (Å²) in [6.45, 7) is 3.83. The molecule has 1 aliphatic carbocycles. The number of aryl methyl sites for hydroxylation is 2. The van der Waals surface area contributed by atoms with Gasteiger partial charge in [-0.3, -0.25) is 4.79 Å². The van der Waals surface area contributed by atoms with Gasteiger partial charge in [-0.05, 0) is 46.6 Å². The number of carbonyl (C=O) groups excluding carboxylic acids is 1. The van der Waals surface area contributed by atoms with Crippen LogP contribution in [0.25, 0.3) is 0 Å². The summed E-state index contributed by atoms with van der Waals surface area (Å²) in [6.07, 6.45) is 3.46. The zero-order valence-electron chi connectivity index (χ0n) is 11.2. The number of rotatable bonds is 3. The molecular weight excluding hydrogens is 230 g/mol. The van der Waals surface area contributed by atoms with E-state index >= 15 is 0 Å². The SMILES string of the molecule is CNC1(C(N)=O)CCCC(n2nc(C)nc2C)C1. The van der Waals surface area contributed by atoms with E-state index in [9.17, 15) is 4.79 Å². The molecule has 0 saturated heterocycles. The molecule has 0 aliphatic heterocycles. The Morgan fingerprint density at radius 3 is 2.78 bits per heavy atom. The molecule has 0 bridgehead atoms. The van der Waals surface area contributed by atoms with E-state index in [0.717, 1.165) is 30.9 Å². The third-order valence-electron chi connectivity index (χ3n) is 3.93. The maximum Gasteiger partial charge on any atom is 0.237 e. The van der Waals surface area contributed by atoms with Gasteiger partial charge >= 0.3 is 0 Å². The van der Waals surface area contributed by atoms with Crippen molar-refractivity contribution in [1.29, 1.82) is 0 Å². The van der Waals surface area contributed by atoms with Crippen molar-refractivity contribution in [3.63, 3.8) is 0 Å². The fourth-order valence-electron chi connectivity index (χ4n) is 2.91. The van der Waals surface area contributed by atoms with E-state index in [1.165, 1.54) is 0 Å². The lowest BCUT2D eigenvalue weighted by Crippen LogP contribution is -2.56. The Hall–Kier alpha value is -1.43. The molecule has 0 spiro atoms. The Morgan fingerprint density at radius 1 is 1.56 bits per heavy atom. The van der Waals surface area contributed by atoms with Crippen molar-refractivity contribution < 1.29 is 4.79 Å². The van der Waals surface area contributed by atoms with E-state index in [-0.39, 0.29) is 11.9 Å². The molecule has 1 saturated carbocycles. The standard InChI is InChI=1S/C12H21N5O/c1-8-15-9(2)17(16-8)10-5-4-6-12(7-10,14-3)11(13)18/h10,14H,4-7H2,1-3H3,(H2,13,18). The molecule has 2 unspecified atom stereocenters. The topological polar surface area (TPSA) is 85.8 Å². The predicted octanol–water partition coefficient (Wildman–Crippen LogP) is 0.454. The summed E-state index contributed by atoms with van der Waals surface area (Å²) in [5.41, 5.74) is 4.95. The average Bonchev–Trinajstić information content (AvgIpc) is 2.68. The van der Waals surface area contributed by atoms with Gasteiger partial charge in [0.2, 0.25) is 5.91 Å². The number of likely N-dealkylation sites (N-methyl/N-ethyl adjacent to an activating group) is 1.